The predicted octanol–water partition coefficient (Wildman–Crippen LogP) is 1.53. The Bertz CT molecular complexity index is 233. The third-order valence-corrected chi connectivity index (χ3v) is 2.02. The second-order valence-corrected chi connectivity index (χ2v) is 3.18. The molecular weight excluding hydrogens is 224 g/mol. The van der Waals surface area contributed by atoms with Crippen molar-refractivity contribution in [2.45, 2.75) is 38.3 Å². The molecule has 96 valence electrons. The highest BCUT2D eigenvalue weighted by molar-refractivity contribution is 4.69. The monoisotopic (exact) mass is 242 g/mol. The Morgan fingerprint density at radius 3 is 1.59 bits per heavy atom. The summed E-state index contributed by atoms with van der Waals surface area (Å²) in [5.74, 6) is 0. The van der Waals surface area contributed by atoms with E-state index in [1.807, 2.05) is 12.1 Å². The molecule has 0 amide bonds. The molecular formula is C11H18N2O4. The maximum atomic E-state index is 8.42. The van der Waals surface area contributed by atoms with Crippen LogP contribution in [0.1, 0.15) is 25.7 Å². The van der Waals surface area contributed by atoms with E-state index in [1.54, 1.807) is 0 Å². The summed E-state index contributed by atoms with van der Waals surface area (Å²) >= 11 is 0. The summed E-state index contributed by atoms with van der Waals surface area (Å²) in [6, 6.07) is 4.02. The maximum Gasteiger partial charge on any atom is 0.161 e. The van der Waals surface area contributed by atoms with E-state index in [0.717, 1.165) is 0 Å². The average molecular weight is 242 g/mol. The lowest BCUT2D eigenvalue weighted by atomic mass is 10.3. The van der Waals surface area contributed by atoms with Crippen molar-refractivity contribution < 1.29 is 18.9 Å². The molecule has 0 aliphatic carbocycles. The van der Waals surface area contributed by atoms with Crippen LogP contribution < -0.4 is 0 Å². The van der Waals surface area contributed by atoms with E-state index in [4.69, 9.17) is 29.5 Å². The number of nitrogens with zero attached hydrogens (tertiary/aromatic N) is 2. The number of rotatable bonds is 10. The molecule has 0 aromatic rings. The lowest BCUT2D eigenvalue weighted by Gasteiger charge is -2.18. The first-order valence-corrected chi connectivity index (χ1v) is 5.31. The summed E-state index contributed by atoms with van der Waals surface area (Å²) in [6.07, 6.45) is 0.797. The Morgan fingerprint density at radius 1 is 0.882 bits per heavy atom. The Hall–Kier alpha value is -1.18. The van der Waals surface area contributed by atoms with Gasteiger partial charge in [0.15, 0.2) is 19.4 Å². The molecule has 0 aliphatic heterocycles. The lowest BCUT2D eigenvalue weighted by molar-refractivity contribution is -0.236. The highest BCUT2D eigenvalue weighted by atomic mass is 16.8. The van der Waals surface area contributed by atoms with Crippen LogP contribution in [0.2, 0.25) is 0 Å². The Kier molecular flexibility index (Phi) is 10.5. The van der Waals surface area contributed by atoms with Crippen molar-refractivity contribution in [2.24, 2.45) is 0 Å². The van der Waals surface area contributed by atoms with Gasteiger partial charge in [-0.15, -0.1) is 0 Å². The summed E-state index contributed by atoms with van der Waals surface area (Å²) in [4.78, 5) is 0. The predicted molar refractivity (Wildman–Crippen MR) is 58.3 cm³/mol. The average Bonchev–Trinajstić information content (AvgIpc) is 2.37. The maximum absolute atomic E-state index is 8.42. The van der Waals surface area contributed by atoms with E-state index in [9.17, 15) is 0 Å². The van der Waals surface area contributed by atoms with Gasteiger partial charge in [-0.1, -0.05) is 0 Å². The molecule has 2 unspecified atom stereocenters. The van der Waals surface area contributed by atoms with Crippen LogP contribution in [0.5, 0.6) is 0 Å². The third kappa shape index (κ3) is 8.61. The van der Waals surface area contributed by atoms with Crippen LogP contribution >= 0.6 is 0 Å². The minimum atomic E-state index is -0.455. The first-order chi connectivity index (χ1) is 8.28. The first-order valence-electron chi connectivity index (χ1n) is 5.31. The van der Waals surface area contributed by atoms with Crippen molar-refractivity contribution in [1.29, 1.82) is 10.5 Å². The first kappa shape index (κ1) is 15.8. The lowest BCUT2D eigenvalue weighted by Crippen LogP contribution is -2.22. The van der Waals surface area contributed by atoms with Crippen LogP contribution in [0, 0.1) is 22.7 Å². The summed E-state index contributed by atoms with van der Waals surface area (Å²) in [5.41, 5.74) is 0. The highest BCUT2D eigenvalue weighted by Crippen LogP contribution is 2.06. The van der Waals surface area contributed by atoms with Gasteiger partial charge in [-0.25, -0.2) is 0 Å². The van der Waals surface area contributed by atoms with Gasteiger partial charge in [0.2, 0.25) is 0 Å². The zero-order valence-corrected chi connectivity index (χ0v) is 10.2. The Balaban J connectivity index is 3.70. The minimum Gasteiger partial charge on any atom is -0.356 e. The quantitative estimate of drug-likeness (QED) is 0.540. The zero-order chi connectivity index (χ0) is 12.9. The van der Waals surface area contributed by atoms with Crippen molar-refractivity contribution in [2.75, 3.05) is 21.0 Å². The molecule has 0 aromatic heterocycles. The van der Waals surface area contributed by atoms with Gasteiger partial charge < -0.3 is 18.9 Å². The molecule has 0 heterocycles. The fraction of sp³-hybridized carbons (Fsp3) is 0.818. The number of hydrogen-bond acceptors (Lipinski definition) is 6. The van der Waals surface area contributed by atoms with E-state index in [0.29, 0.717) is 25.7 Å². The van der Waals surface area contributed by atoms with Crippen molar-refractivity contribution in [3.8, 4) is 12.1 Å². The van der Waals surface area contributed by atoms with Crippen LogP contribution in [0.4, 0.5) is 0 Å². The molecule has 2 atom stereocenters. The molecule has 0 aromatic carbocycles. The third-order valence-electron chi connectivity index (χ3n) is 2.02. The van der Waals surface area contributed by atoms with Crippen molar-refractivity contribution in [3.63, 3.8) is 0 Å². The Morgan fingerprint density at radius 2 is 1.29 bits per heavy atom. The summed E-state index contributed by atoms with van der Waals surface area (Å²) in [5, 5.41) is 16.8. The SMILES string of the molecule is COC(CCC#N)OCOC(CCC#N)OC. The molecule has 0 saturated heterocycles. The molecule has 0 aliphatic rings. The van der Waals surface area contributed by atoms with Crippen LogP contribution in [0.3, 0.4) is 0 Å². The van der Waals surface area contributed by atoms with Crippen molar-refractivity contribution in [3.05, 3.63) is 0 Å². The zero-order valence-electron chi connectivity index (χ0n) is 10.2. The largest absolute Gasteiger partial charge is 0.356 e. The topological polar surface area (TPSA) is 84.5 Å². The fourth-order valence-electron chi connectivity index (χ4n) is 1.09. The molecule has 17 heavy (non-hydrogen) atoms. The number of ether oxygens (including phenoxy) is 4. The molecule has 0 fully saturated rings. The molecule has 0 bridgehead atoms. The number of methoxy groups -OCH3 is 2. The van der Waals surface area contributed by atoms with E-state index < -0.39 is 12.6 Å². The van der Waals surface area contributed by atoms with Gasteiger partial charge >= 0.3 is 0 Å². The summed E-state index contributed by atoms with van der Waals surface area (Å²) in [6.45, 7) is 0.00781. The van der Waals surface area contributed by atoms with Gasteiger partial charge in [-0.2, -0.15) is 10.5 Å². The van der Waals surface area contributed by atoms with E-state index >= 15 is 0 Å². The van der Waals surface area contributed by atoms with E-state index in [1.165, 1.54) is 14.2 Å². The summed E-state index contributed by atoms with van der Waals surface area (Å²) < 4.78 is 20.5. The normalized spacial score (nSPS) is 13.6. The molecule has 0 rings (SSSR count). The summed E-state index contributed by atoms with van der Waals surface area (Å²) in [7, 11) is 3.01. The fourth-order valence-corrected chi connectivity index (χ4v) is 1.09. The molecule has 0 radical (unpaired) electrons. The van der Waals surface area contributed by atoms with Crippen LogP contribution in [0.25, 0.3) is 0 Å². The number of hydrogen-bond donors (Lipinski definition) is 0. The van der Waals surface area contributed by atoms with Crippen molar-refractivity contribution in [1.82, 2.24) is 0 Å². The van der Waals surface area contributed by atoms with Crippen LogP contribution in [-0.4, -0.2) is 33.6 Å². The molecule has 0 saturated carbocycles. The van der Waals surface area contributed by atoms with Crippen molar-refractivity contribution >= 4 is 0 Å². The molecule has 6 nitrogen and oxygen atoms in total. The molecule has 0 N–H and O–H groups in total. The smallest absolute Gasteiger partial charge is 0.161 e. The van der Waals surface area contributed by atoms with Gasteiger partial charge in [0.1, 0.15) is 0 Å². The van der Waals surface area contributed by atoms with Gasteiger partial charge in [0, 0.05) is 39.9 Å². The molecule has 6 heteroatoms. The van der Waals surface area contributed by atoms with Gasteiger partial charge in [0.25, 0.3) is 0 Å². The van der Waals surface area contributed by atoms with Crippen LogP contribution in [0.15, 0.2) is 0 Å². The molecule has 0 spiro atoms. The van der Waals surface area contributed by atoms with E-state index in [2.05, 4.69) is 0 Å². The highest BCUT2D eigenvalue weighted by Gasteiger charge is 2.10. The second kappa shape index (κ2) is 11.3. The van der Waals surface area contributed by atoms with Gasteiger partial charge in [-0.05, 0) is 0 Å². The standard InChI is InChI=1S/C11H18N2O4/c1-14-10(5-3-7-12)16-9-17-11(15-2)6-4-8-13/h10-11H,3-6,9H2,1-2H3. The van der Waals surface area contributed by atoms with Gasteiger partial charge in [0.05, 0.1) is 12.1 Å². The van der Waals surface area contributed by atoms with Crippen LogP contribution in [-0.2, 0) is 18.9 Å². The Labute approximate surface area is 102 Å². The van der Waals surface area contributed by atoms with E-state index in [-0.39, 0.29) is 6.79 Å². The number of nitriles is 2. The minimum absolute atomic E-state index is 0.00781. The second-order valence-electron chi connectivity index (χ2n) is 3.18. The van der Waals surface area contributed by atoms with Gasteiger partial charge in [-0.3, -0.25) is 0 Å².